The molecular formula is C27H35FN4O7. The third-order valence-corrected chi connectivity index (χ3v) is 8.47. The van der Waals surface area contributed by atoms with Crippen LogP contribution in [0, 0.1) is 23.7 Å². The fourth-order valence-corrected chi connectivity index (χ4v) is 6.58. The van der Waals surface area contributed by atoms with Crippen molar-refractivity contribution in [1.29, 1.82) is 0 Å². The summed E-state index contributed by atoms with van der Waals surface area (Å²) in [7, 11) is 6.60. The first-order valence-corrected chi connectivity index (χ1v) is 12.9. The van der Waals surface area contributed by atoms with Crippen LogP contribution >= 0.6 is 0 Å². The molecule has 12 heteroatoms. The number of nitrogens with one attached hydrogen (secondary N) is 1. The van der Waals surface area contributed by atoms with Gasteiger partial charge in [-0.25, -0.2) is 4.39 Å². The quantitative estimate of drug-likeness (QED) is 0.323. The second-order valence-corrected chi connectivity index (χ2v) is 11.4. The van der Waals surface area contributed by atoms with Crippen molar-refractivity contribution in [3.63, 3.8) is 0 Å². The molecule has 0 aliphatic heterocycles. The third-order valence-electron chi connectivity index (χ3n) is 8.47. The zero-order valence-electron chi connectivity index (χ0n) is 22.7. The molecule has 1 amide bonds. The van der Waals surface area contributed by atoms with E-state index in [1.807, 2.05) is 0 Å². The van der Waals surface area contributed by atoms with Crippen molar-refractivity contribution in [2.24, 2.45) is 29.4 Å². The van der Waals surface area contributed by atoms with Gasteiger partial charge in [-0.1, -0.05) is 0 Å². The van der Waals surface area contributed by atoms with Crippen molar-refractivity contribution in [3.05, 3.63) is 22.8 Å². The van der Waals surface area contributed by atoms with Gasteiger partial charge in [0, 0.05) is 43.9 Å². The van der Waals surface area contributed by atoms with Crippen LogP contribution in [0.2, 0.25) is 0 Å². The molecule has 0 radical (unpaired) electrons. The Morgan fingerprint density at radius 3 is 2.38 bits per heavy atom. The number of hydrogen-bond donors (Lipinski definition) is 4. The van der Waals surface area contributed by atoms with E-state index in [4.69, 9.17) is 5.73 Å². The molecule has 4 unspecified atom stereocenters. The number of carbonyl (C=O) groups is 5. The van der Waals surface area contributed by atoms with Crippen LogP contribution in [0.1, 0.15) is 34.8 Å². The highest BCUT2D eigenvalue weighted by molar-refractivity contribution is 6.32. The van der Waals surface area contributed by atoms with Crippen molar-refractivity contribution in [3.8, 4) is 5.75 Å². The highest BCUT2D eigenvalue weighted by Gasteiger charge is 2.69. The van der Waals surface area contributed by atoms with Crippen molar-refractivity contribution in [2.45, 2.75) is 44.0 Å². The Morgan fingerprint density at radius 2 is 1.85 bits per heavy atom. The molecule has 0 bridgehead atoms. The van der Waals surface area contributed by atoms with E-state index in [-0.39, 0.29) is 30.7 Å². The molecule has 3 aliphatic carbocycles. The molecular weight excluding hydrogens is 511 g/mol. The number of alkyl halides is 1. The minimum Gasteiger partial charge on any atom is -0.507 e. The van der Waals surface area contributed by atoms with Gasteiger partial charge in [0.15, 0.2) is 34.7 Å². The standard InChI is InChI=1S/C27H35FN4O7/c1-11(9-28)30-10-13-8-16(31(2)3)14-6-12-7-15-20(32(4)5)23(35)19(26(29)38)25(37)27(15,39)24(36)17(12)22(34)18(14)21(13)33/h8,11-12,15,17,19-20,30,33,39H,6-7,9-10H2,1-5H3,(H2,29,38)/t11?,12-,15-,17?,19?,20?,27-/m1/s1. The summed E-state index contributed by atoms with van der Waals surface area (Å²) in [6.07, 6.45) is 0.149. The Kier molecular flexibility index (Phi) is 7.43. The van der Waals surface area contributed by atoms with E-state index in [0.717, 1.165) is 0 Å². The third kappa shape index (κ3) is 4.25. The number of phenolic OH excluding ortho intramolecular Hbond substituents is 1. The Hall–Kier alpha value is -3.22. The Morgan fingerprint density at radius 1 is 1.21 bits per heavy atom. The number of nitrogens with two attached hydrogens (primary N) is 1. The van der Waals surface area contributed by atoms with Crippen LogP contribution < -0.4 is 16.0 Å². The largest absolute Gasteiger partial charge is 0.507 e. The van der Waals surface area contributed by atoms with Crippen LogP contribution in [0.5, 0.6) is 5.75 Å². The monoisotopic (exact) mass is 546 g/mol. The predicted molar refractivity (Wildman–Crippen MR) is 138 cm³/mol. The number of rotatable bonds is 7. The molecule has 4 rings (SSSR count). The zero-order valence-corrected chi connectivity index (χ0v) is 22.7. The minimum absolute atomic E-state index is 0.0190. The molecule has 39 heavy (non-hydrogen) atoms. The molecule has 3 aliphatic rings. The van der Waals surface area contributed by atoms with E-state index in [1.54, 1.807) is 32.0 Å². The number of carbonyl (C=O) groups excluding carboxylic acids is 5. The average molecular weight is 547 g/mol. The maximum absolute atomic E-state index is 14.0. The summed E-state index contributed by atoms with van der Waals surface area (Å²) < 4.78 is 13.0. The lowest BCUT2D eigenvalue weighted by Crippen LogP contribution is -2.74. The number of anilines is 1. The average Bonchev–Trinajstić information content (AvgIpc) is 2.84. The first-order chi connectivity index (χ1) is 18.2. The molecule has 212 valence electrons. The molecule has 5 N–H and O–H groups in total. The van der Waals surface area contributed by atoms with Gasteiger partial charge in [-0.2, -0.15) is 0 Å². The van der Waals surface area contributed by atoms with Gasteiger partial charge < -0.3 is 26.2 Å². The number of fused-ring (bicyclic) bond motifs is 3. The molecule has 7 atom stereocenters. The summed E-state index contributed by atoms with van der Waals surface area (Å²) >= 11 is 0. The van der Waals surface area contributed by atoms with E-state index in [2.05, 4.69) is 5.32 Å². The normalized spacial score (nSPS) is 31.0. The molecule has 0 heterocycles. The first-order valence-electron chi connectivity index (χ1n) is 12.9. The van der Waals surface area contributed by atoms with Crippen LogP contribution in [0.4, 0.5) is 10.1 Å². The van der Waals surface area contributed by atoms with Gasteiger partial charge in [0.2, 0.25) is 5.91 Å². The fourth-order valence-electron chi connectivity index (χ4n) is 6.58. The molecule has 1 aromatic rings. The number of halogens is 1. The number of nitrogens with zero attached hydrogens (tertiary/aromatic N) is 2. The number of Topliss-reactive ketones (excluding diaryl/α,β-unsaturated/α-hetero) is 4. The fraction of sp³-hybridized carbons (Fsp3) is 0.593. The molecule has 2 saturated carbocycles. The summed E-state index contributed by atoms with van der Waals surface area (Å²) in [5.74, 6) is -10.9. The summed E-state index contributed by atoms with van der Waals surface area (Å²) in [4.78, 5) is 69.7. The van der Waals surface area contributed by atoms with E-state index in [0.29, 0.717) is 16.8 Å². The molecule has 0 saturated heterocycles. The van der Waals surface area contributed by atoms with E-state index >= 15 is 0 Å². The van der Waals surface area contributed by atoms with E-state index in [9.17, 15) is 38.6 Å². The van der Waals surface area contributed by atoms with Crippen molar-refractivity contribution >= 4 is 34.7 Å². The molecule has 0 aromatic heterocycles. The van der Waals surface area contributed by atoms with Crippen molar-refractivity contribution in [2.75, 3.05) is 39.8 Å². The SMILES string of the molecule is CC(CF)NCc1cc(N(C)C)c2c(c1O)C(=O)C1C(=O)[C@@]3(O)C(=O)C(C(N)=O)C(=O)C(N(C)C)[C@H]3C[C@H]1C2. The topological polar surface area (TPSA) is 170 Å². The first kappa shape index (κ1) is 28.8. The lowest BCUT2D eigenvalue weighted by Gasteiger charge is -2.52. The lowest BCUT2D eigenvalue weighted by molar-refractivity contribution is -0.181. The number of phenols is 1. The van der Waals surface area contributed by atoms with Gasteiger partial charge in [0.1, 0.15) is 12.4 Å². The summed E-state index contributed by atoms with van der Waals surface area (Å²) in [6.45, 7) is 1.04. The second-order valence-electron chi connectivity index (χ2n) is 11.4. The maximum Gasteiger partial charge on any atom is 0.235 e. The molecule has 11 nitrogen and oxygen atoms in total. The van der Waals surface area contributed by atoms with Gasteiger partial charge in [0.25, 0.3) is 0 Å². The van der Waals surface area contributed by atoms with Crippen LogP contribution in [-0.2, 0) is 32.1 Å². The van der Waals surface area contributed by atoms with E-state index < -0.39 is 77.1 Å². The number of primary amides is 1. The van der Waals surface area contributed by atoms with Gasteiger partial charge in [-0.15, -0.1) is 0 Å². The van der Waals surface area contributed by atoms with E-state index in [1.165, 1.54) is 19.0 Å². The minimum atomic E-state index is -2.77. The Labute approximate surface area is 225 Å². The highest BCUT2D eigenvalue weighted by atomic mass is 19.1. The number of benzene rings is 1. The highest BCUT2D eigenvalue weighted by Crippen LogP contribution is 2.52. The number of ketones is 4. The Balaban J connectivity index is 1.85. The molecule has 2 fully saturated rings. The number of amides is 1. The zero-order chi connectivity index (χ0) is 29.1. The van der Waals surface area contributed by atoms with Crippen LogP contribution in [-0.4, -0.2) is 96.7 Å². The predicted octanol–water partition coefficient (Wildman–Crippen LogP) is -0.619. The van der Waals surface area contributed by atoms with Crippen molar-refractivity contribution < 1.29 is 38.6 Å². The number of aliphatic hydroxyl groups is 1. The van der Waals surface area contributed by atoms with Gasteiger partial charge in [-0.3, -0.25) is 28.9 Å². The number of hydrogen-bond acceptors (Lipinski definition) is 10. The van der Waals surface area contributed by atoms with Crippen LogP contribution in [0.15, 0.2) is 6.07 Å². The van der Waals surface area contributed by atoms with Crippen molar-refractivity contribution in [1.82, 2.24) is 10.2 Å². The van der Waals surface area contributed by atoms with Crippen LogP contribution in [0.3, 0.4) is 0 Å². The van der Waals surface area contributed by atoms with Gasteiger partial charge in [-0.05, 0) is 51.4 Å². The van der Waals surface area contributed by atoms with Gasteiger partial charge >= 0.3 is 0 Å². The summed E-state index contributed by atoms with van der Waals surface area (Å²) in [5.41, 5.74) is 3.95. The molecule has 1 aromatic carbocycles. The maximum atomic E-state index is 14.0. The smallest absolute Gasteiger partial charge is 0.235 e. The van der Waals surface area contributed by atoms with Gasteiger partial charge in [0.05, 0.1) is 17.5 Å². The molecule has 0 spiro atoms. The number of likely N-dealkylation sites (N-methyl/N-ethyl adjacent to an activating group) is 1. The second kappa shape index (κ2) is 10.1. The summed E-state index contributed by atoms with van der Waals surface area (Å²) in [5, 5.41) is 25.8. The van der Waals surface area contributed by atoms with Crippen LogP contribution in [0.25, 0.3) is 0 Å². The Bertz CT molecular complexity index is 1270. The summed E-state index contributed by atoms with van der Waals surface area (Å²) in [6, 6.07) is 0.0469. The lowest BCUT2D eigenvalue weighted by atomic mass is 9.52. The number of aromatic hydroxyl groups is 1.